The number of nitro benzene ring substituents is 1. The summed E-state index contributed by atoms with van der Waals surface area (Å²) < 4.78 is 0. The molecule has 0 spiro atoms. The summed E-state index contributed by atoms with van der Waals surface area (Å²) >= 11 is 5.78. The van der Waals surface area contributed by atoms with Crippen molar-refractivity contribution in [2.45, 2.75) is 6.92 Å². The van der Waals surface area contributed by atoms with Gasteiger partial charge in [-0.1, -0.05) is 17.7 Å². The van der Waals surface area contributed by atoms with Crippen LogP contribution in [0.3, 0.4) is 0 Å². The SMILES string of the molecule is Cc1ccc(NC(=O)c2ccc(Cl)cc2[N+](=O)[O-])c2cccnc12. The molecular weight excluding hydrogens is 330 g/mol. The third kappa shape index (κ3) is 2.91. The fourth-order valence-corrected chi connectivity index (χ4v) is 2.63. The van der Waals surface area contributed by atoms with Crippen LogP contribution in [0, 0.1) is 17.0 Å². The average molecular weight is 342 g/mol. The van der Waals surface area contributed by atoms with Gasteiger partial charge in [0.05, 0.1) is 16.1 Å². The van der Waals surface area contributed by atoms with Crippen molar-refractivity contribution in [3.8, 4) is 0 Å². The van der Waals surface area contributed by atoms with E-state index in [-0.39, 0.29) is 16.3 Å². The van der Waals surface area contributed by atoms with Crippen molar-refractivity contribution in [2.75, 3.05) is 5.32 Å². The van der Waals surface area contributed by atoms with Crippen LogP contribution in [0.4, 0.5) is 11.4 Å². The van der Waals surface area contributed by atoms with Crippen molar-refractivity contribution < 1.29 is 9.72 Å². The number of carbonyl (C=O) groups excluding carboxylic acids is 1. The van der Waals surface area contributed by atoms with Crippen LogP contribution in [0.25, 0.3) is 10.9 Å². The van der Waals surface area contributed by atoms with E-state index in [2.05, 4.69) is 10.3 Å². The summed E-state index contributed by atoms with van der Waals surface area (Å²) in [5, 5.41) is 14.8. The molecule has 3 aromatic rings. The van der Waals surface area contributed by atoms with Crippen molar-refractivity contribution in [1.29, 1.82) is 0 Å². The average Bonchev–Trinajstić information content (AvgIpc) is 2.57. The van der Waals surface area contributed by atoms with Gasteiger partial charge in [0.15, 0.2) is 0 Å². The van der Waals surface area contributed by atoms with E-state index < -0.39 is 10.8 Å². The number of nitrogens with zero attached hydrogens (tertiary/aromatic N) is 2. The summed E-state index contributed by atoms with van der Waals surface area (Å²) in [5.74, 6) is -0.577. The summed E-state index contributed by atoms with van der Waals surface area (Å²) in [4.78, 5) is 27.3. The number of halogens is 1. The summed E-state index contributed by atoms with van der Waals surface area (Å²) in [7, 11) is 0. The van der Waals surface area contributed by atoms with Gasteiger partial charge in [0.25, 0.3) is 11.6 Å². The smallest absolute Gasteiger partial charge is 0.283 e. The molecule has 6 nitrogen and oxygen atoms in total. The fraction of sp³-hybridized carbons (Fsp3) is 0.0588. The highest BCUT2D eigenvalue weighted by Gasteiger charge is 2.21. The van der Waals surface area contributed by atoms with Gasteiger partial charge in [-0.25, -0.2) is 0 Å². The molecule has 0 radical (unpaired) electrons. The molecule has 0 aliphatic heterocycles. The Morgan fingerprint density at radius 1 is 1.25 bits per heavy atom. The number of carbonyl (C=O) groups is 1. The summed E-state index contributed by atoms with van der Waals surface area (Å²) in [5.41, 5.74) is 1.89. The second-order valence-electron chi connectivity index (χ2n) is 5.20. The molecule has 0 aliphatic carbocycles. The van der Waals surface area contributed by atoms with Gasteiger partial charge in [0.2, 0.25) is 0 Å². The van der Waals surface area contributed by atoms with Crippen LogP contribution in [0.5, 0.6) is 0 Å². The number of hydrogen-bond acceptors (Lipinski definition) is 4. The van der Waals surface area contributed by atoms with E-state index in [4.69, 9.17) is 11.6 Å². The van der Waals surface area contributed by atoms with E-state index in [9.17, 15) is 14.9 Å². The van der Waals surface area contributed by atoms with Gasteiger partial charge < -0.3 is 5.32 Å². The number of benzene rings is 2. The first-order valence-corrected chi connectivity index (χ1v) is 7.45. The van der Waals surface area contributed by atoms with Gasteiger partial charge in [0, 0.05) is 22.7 Å². The fourth-order valence-electron chi connectivity index (χ4n) is 2.46. The van der Waals surface area contributed by atoms with Crippen LogP contribution >= 0.6 is 11.6 Å². The first kappa shape index (κ1) is 15.9. The highest BCUT2D eigenvalue weighted by atomic mass is 35.5. The van der Waals surface area contributed by atoms with E-state index >= 15 is 0 Å². The number of nitro groups is 1. The molecule has 120 valence electrons. The molecule has 7 heteroatoms. The Bertz CT molecular complexity index is 972. The van der Waals surface area contributed by atoms with Crippen molar-refractivity contribution in [2.24, 2.45) is 0 Å². The number of pyridine rings is 1. The number of hydrogen-bond donors (Lipinski definition) is 1. The Hall–Kier alpha value is -2.99. The van der Waals surface area contributed by atoms with Gasteiger partial charge >= 0.3 is 0 Å². The standard InChI is InChI=1S/C17H12ClN3O3/c1-10-4-7-14(12-3-2-8-19-16(10)12)20-17(22)13-6-5-11(18)9-15(13)21(23)24/h2-9H,1H3,(H,20,22). The van der Waals surface area contributed by atoms with E-state index in [1.807, 2.05) is 19.1 Å². The number of nitrogens with one attached hydrogen (secondary N) is 1. The number of anilines is 1. The Balaban J connectivity index is 2.03. The van der Waals surface area contributed by atoms with E-state index in [1.165, 1.54) is 12.1 Å². The number of amides is 1. The topological polar surface area (TPSA) is 85.1 Å². The molecule has 1 aromatic heterocycles. The van der Waals surface area contributed by atoms with Crippen LogP contribution in [0.15, 0.2) is 48.7 Å². The van der Waals surface area contributed by atoms with Gasteiger partial charge in [-0.15, -0.1) is 0 Å². The van der Waals surface area contributed by atoms with Gasteiger partial charge in [-0.2, -0.15) is 0 Å². The lowest BCUT2D eigenvalue weighted by atomic mass is 10.1. The van der Waals surface area contributed by atoms with Crippen LogP contribution in [-0.2, 0) is 0 Å². The Morgan fingerprint density at radius 3 is 2.79 bits per heavy atom. The molecule has 0 bridgehead atoms. The van der Waals surface area contributed by atoms with E-state index in [0.29, 0.717) is 5.69 Å². The molecule has 0 atom stereocenters. The first-order valence-electron chi connectivity index (χ1n) is 7.07. The minimum atomic E-state index is -0.629. The maximum atomic E-state index is 12.5. The molecule has 0 fully saturated rings. The Morgan fingerprint density at radius 2 is 2.04 bits per heavy atom. The maximum Gasteiger partial charge on any atom is 0.283 e. The molecule has 24 heavy (non-hydrogen) atoms. The zero-order chi connectivity index (χ0) is 17.3. The number of rotatable bonds is 3. The van der Waals surface area contributed by atoms with Crippen LogP contribution in [0.1, 0.15) is 15.9 Å². The van der Waals surface area contributed by atoms with Crippen molar-refractivity contribution in [3.63, 3.8) is 0 Å². The molecule has 3 rings (SSSR count). The molecule has 0 unspecified atom stereocenters. The van der Waals surface area contributed by atoms with Crippen LogP contribution < -0.4 is 5.32 Å². The van der Waals surface area contributed by atoms with Crippen molar-refractivity contribution in [1.82, 2.24) is 4.98 Å². The second-order valence-corrected chi connectivity index (χ2v) is 5.64. The normalized spacial score (nSPS) is 10.6. The van der Waals surface area contributed by atoms with Gasteiger partial charge in [-0.3, -0.25) is 19.9 Å². The third-order valence-corrected chi connectivity index (χ3v) is 3.86. The van der Waals surface area contributed by atoms with Gasteiger partial charge in [0.1, 0.15) is 5.56 Å². The molecule has 2 aromatic carbocycles. The lowest BCUT2D eigenvalue weighted by molar-refractivity contribution is -0.385. The van der Waals surface area contributed by atoms with Crippen LogP contribution in [-0.4, -0.2) is 15.8 Å². The highest BCUT2D eigenvalue weighted by molar-refractivity contribution is 6.31. The molecule has 1 heterocycles. The lowest BCUT2D eigenvalue weighted by Crippen LogP contribution is -2.14. The molecule has 0 saturated heterocycles. The molecular formula is C17H12ClN3O3. The largest absolute Gasteiger partial charge is 0.321 e. The molecule has 1 N–H and O–H groups in total. The number of fused-ring (bicyclic) bond motifs is 1. The quantitative estimate of drug-likeness (QED) is 0.566. The minimum absolute atomic E-state index is 0.0537. The molecule has 0 saturated carbocycles. The summed E-state index contributed by atoms with van der Waals surface area (Å²) in [6.07, 6.45) is 1.67. The minimum Gasteiger partial charge on any atom is -0.321 e. The predicted molar refractivity (Wildman–Crippen MR) is 92.5 cm³/mol. The van der Waals surface area contributed by atoms with Gasteiger partial charge in [-0.05, 0) is 42.8 Å². The monoisotopic (exact) mass is 341 g/mol. The van der Waals surface area contributed by atoms with E-state index in [0.717, 1.165) is 22.5 Å². The Kier molecular flexibility index (Phi) is 4.14. The maximum absolute atomic E-state index is 12.5. The number of aryl methyl sites for hydroxylation is 1. The van der Waals surface area contributed by atoms with Crippen LogP contribution in [0.2, 0.25) is 5.02 Å². The first-order chi connectivity index (χ1) is 11.5. The highest BCUT2D eigenvalue weighted by Crippen LogP contribution is 2.27. The van der Waals surface area contributed by atoms with Crippen molar-refractivity contribution >= 4 is 39.8 Å². The third-order valence-electron chi connectivity index (χ3n) is 3.62. The van der Waals surface area contributed by atoms with Crippen molar-refractivity contribution in [3.05, 3.63) is 74.9 Å². The zero-order valence-corrected chi connectivity index (χ0v) is 13.4. The summed E-state index contributed by atoms with van der Waals surface area (Å²) in [6.45, 7) is 1.92. The summed E-state index contributed by atoms with van der Waals surface area (Å²) in [6, 6.07) is 11.1. The molecule has 0 aliphatic rings. The lowest BCUT2D eigenvalue weighted by Gasteiger charge is -2.10. The Labute approximate surface area is 142 Å². The zero-order valence-electron chi connectivity index (χ0n) is 12.6. The second kappa shape index (κ2) is 6.25. The van der Waals surface area contributed by atoms with E-state index in [1.54, 1.807) is 18.3 Å². The number of aromatic nitrogens is 1. The molecule has 1 amide bonds. The predicted octanol–water partition coefficient (Wildman–Crippen LogP) is 4.36.